The predicted octanol–water partition coefficient (Wildman–Crippen LogP) is 1.91. The number of rotatable bonds is 2. The van der Waals surface area contributed by atoms with Crippen molar-refractivity contribution in [3.8, 4) is 0 Å². The lowest BCUT2D eigenvalue weighted by Gasteiger charge is -2.41. The Balaban J connectivity index is 1.91. The quantitative estimate of drug-likeness (QED) is 0.816. The van der Waals surface area contributed by atoms with E-state index >= 15 is 0 Å². The highest BCUT2D eigenvalue weighted by Gasteiger charge is 2.31. The van der Waals surface area contributed by atoms with Crippen molar-refractivity contribution in [1.82, 2.24) is 15.1 Å². The van der Waals surface area contributed by atoms with E-state index in [4.69, 9.17) is 0 Å². The van der Waals surface area contributed by atoms with Gasteiger partial charge in [0.1, 0.15) is 0 Å². The number of carbonyl (C=O) groups is 1. The molecule has 2 heterocycles. The first-order valence-corrected chi connectivity index (χ1v) is 7.47. The lowest BCUT2D eigenvalue weighted by molar-refractivity contribution is 0.108. The van der Waals surface area contributed by atoms with Crippen molar-refractivity contribution in [2.75, 3.05) is 33.2 Å². The Labute approximate surface area is 111 Å². The number of carbonyl (C=O) groups excluding carboxylic acids is 1. The van der Waals surface area contributed by atoms with Crippen LogP contribution in [0.3, 0.4) is 0 Å². The molecule has 0 saturated carbocycles. The van der Waals surface area contributed by atoms with Crippen LogP contribution in [0.1, 0.15) is 39.0 Å². The number of piperidine rings is 2. The molecule has 0 bridgehead atoms. The molecule has 2 aliphatic rings. The summed E-state index contributed by atoms with van der Waals surface area (Å²) in [6, 6.07) is 0.864. The van der Waals surface area contributed by atoms with E-state index in [0.29, 0.717) is 12.0 Å². The van der Waals surface area contributed by atoms with Crippen molar-refractivity contribution < 1.29 is 4.79 Å². The summed E-state index contributed by atoms with van der Waals surface area (Å²) in [6.45, 7) is 5.99. The summed E-state index contributed by atoms with van der Waals surface area (Å²) in [5, 5.41) is 3.39. The van der Waals surface area contributed by atoms with Gasteiger partial charge in [0.25, 0.3) is 0 Å². The summed E-state index contributed by atoms with van der Waals surface area (Å²) in [7, 11) is 2.04. The van der Waals surface area contributed by atoms with Crippen LogP contribution in [-0.2, 0) is 0 Å². The van der Waals surface area contributed by atoms with Gasteiger partial charge in [-0.15, -0.1) is 0 Å². The van der Waals surface area contributed by atoms with E-state index in [1.807, 2.05) is 7.05 Å². The van der Waals surface area contributed by atoms with Crippen molar-refractivity contribution in [2.45, 2.75) is 45.1 Å². The van der Waals surface area contributed by atoms with E-state index in [9.17, 15) is 4.79 Å². The molecule has 104 valence electrons. The first kappa shape index (κ1) is 13.7. The maximum Gasteiger partial charge on any atom is 0.320 e. The molecule has 2 unspecified atom stereocenters. The van der Waals surface area contributed by atoms with Gasteiger partial charge in [-0.2, -0.15) is 0 Å². The molecular weight excluding hydrogens is 226 g/mol. The van der Waals surface area contributed by atoms with Crippen molar-refractivity contribution in [2.24, 2.45) is 5.92 Å². The molecule has 0 spiro atoms. The summed E-state index contributed by atoms with van der Waals surface area (Å²) in [5.41, 5.74) is 0. The van der Waals surface area contributed by atoms with Crippen molar-refractivity contribution in [3.05, 3.63) is 0 Å². The molecule has 0 radical (unpaired) electrons. The number of amides is 2. The monoisotopic (exact) mass is 253 g/mol. The third-order valence-electron chi connectivity index (χ3n) is 4.53. The van der Waals surface area contributed by atoms with Crippen LogP contribution >= 0.6 is 0 Å². The first-order valence-electron chi connectivity index (χ1n) is 7.47. The van der Waals surface area contributed by atoms with Crippen LogP contribution in [0, 0.1) is 5.92 Å². The van der Waals surface area contributed by atoms with Gasteiger partial charge in [0.15, 0.2) is 0 Å². The topological polar surface area (TPSA) is 35.6 Å². The minimum atomic E-state index is 0.280. The van der Waals surface area contributed by atoms with Gasteiger partial charge in [-0.25, -0.2) is 4.79 Å². The van der Waals surface area contributed by atoms with Crippen LogP contribution in [0.5, 0.6) is 0 Å². The Morgan fingerprint density at radius 1 is 1.17 bits per heavy atom. The highest BCUT2D eigenvalue weighted by Crippen LogP contribution is 2.22. The van der Waals surface area contributed by atoms with Crippen molar-refractivity contribution in [3.63, 3.8) is 0 Å². The number of nitrogens with zero attached hydrogens (tertiary/aromatic N) is 2. The van der Waals surface area contributed by atoms with E-state index in [2.05, 4.69) is 22.0 Å². The average molecular weight is 253 g/mol. The highest BCUT2D eigenvalue weighted by atomic mass is 16.2. The van der Waals surface area contributed by atoms with Gasteiger partial charge in [0.05, 0.1) is 0 Å². The zero-order valence-electron chi connectivity index (χ0n) is 11.8. The molecule has 2 saturated heterocycles. The third-order valence-corrected chi connectivity index (χ3v) is 4.53. The predicted molar refractivity (Wildman–Crippen MR) is 73.6 cm³/mol. The van der Waals surface area contributed by atoms with Crippen LogP contribution in [0.4, 0.5) is 4.79 Å². The standard InChI is InChI=1S/C14H27N3O/c1-3-12-11-17(10-7-13(12)15-2)14(18)16-8-5-4-6-9-16/h12-13,15H,3-11H2,1-2H3. The SMILES string of the molecule is CCC1CN(C(=O)N2CCCCC2)CCC1NC. The van der Waals surface area contributed by atoms with Crippen molar-refractivity contribution >= 4 is 6.03 Å². The highest BCUT2D eigenvalue weighted by molar-refractivity contribution is 5.74. The number of nitrogens with one attached hydrogen (secondary N) is 1. The van der Waals surface area contributed by atoms with Gasteiger partial charge in [-0.3, -0.25) is 0 Å². The Hall–Kier alpha value is -0.770. The normalized spacial score (nSPS) is 29.4. The number of urea groups is 1. The van der Waals surface area contributed by atoms with Gasteiger partial charge >= 0.3 is 6.03 Å². The molecule has 0 aromatic heterocycles. The summed E-state index contributed by atoms with van der Waals surface area (Å²) >= 11 is 0. The van der Waals surface area contributed by atoms with Gasteiger partial charge in [-0.1, -0.05) is 13.3 Å². The molecule has 2 amide bonds. The lowest BCUT2D eigenvalue weighted by Crippen LogP contribution is -2.54. The summed E-state index contributed by atoms with van der Waals surface area (Å²) < 4.78 is 0. The number of hydrogen-bond acceptors (Lipinski definition) is 2. The van der Waals surface area contributed by atoms with Gasteiger partial charge < -0.3 is 15.1 Å². The van der Waals surface area contributed by atoms with Crippen LogP contribution in [0.25, 0.3) is 0 Å². The molecule has 4 nitrogen and oxygen atoms in total. The maximum atomic E-state index is 12.4. The second kappa shape index (κ2) is 6.41. The van der Waals surface area contributed by atoms with Crippen molar-refractivity contribution in [1.29, 1.82) is 0 Å². The second-order valence-electron chi connectivity index (χ2n) is 5.63. The second-order valence-corrected chi connectivity index (χ2v) is 5.63. The van der Waals surface area contributed by atoms with Crippen LogP contribution in [0.15, 0.2) is 0 Å². The zero-order valence-corrected chi connectivity index (χ0v) is 11.8. The summed E-state index contributed by atoms with van der Waals surface area (Å²) in [4.78, 5) is 16.6. The molecule has 2 rings (SSSR count). The number of likely N-dealkylation sites (tertiary alicyclic amines) is 2. The van der Waals surface area contributed by atoms with E-state index in [1.165, 1.54) is 19.3 Å². The maximum absolute atomic E-state index is 12.4. The molecule has 2 fully saturated rings. The summed E-state index contributed by atoms with van der Waals surface area (Å²) in [5.74, 6) is 0.609. The Morgan fingerprint density at radius 2 is 1.89 bits per heavy atom. The number of hydrogen-bond donors (Lipinski definition) is 1. The zero-order chi connectivity index (χ0) is 13.0. The van der Waals surface area contributed by atoms with Gasteiger partial charge in [0, 0.05) is 32.2 Å². The van der Waals surface area contributed by atoms with E-state index in [1.54, 1.807) is 0 Å². The molecule has 2 aliphatic heterocycles. The van der Waals surface area contributed by atoms with Gasteiger partial charge in [0.2, 0.25) is 0 Å². The van der Waals surface area contributed by atoms with E-state index in [-0.39, 0.29) is 6.03 Å². The molecule has 1 N–H and O–H groups in total. The van der Waals surface area contributed by atoms with Gasteiger partial charge in [-0.05, 0) is 38.6 Å². The molecule has 0 aromatic rings. The first-order chi connectivity index (χ1) is 8.76. The average Bonchev–Trinajstić information content (AvgIpc) is 2.46. The minimum Gasteiger partial charge on any atom is -0.325 e. The molecular formula is C14H27N3O. The molecule has 0 aliphatic carbocycles. The smallest absolute Gasteiger partial charge is 0.320 e. The van der Waals surface area contributed by atoms with Crippen LogP contribution < -0.4 is 5.32 Å². The lowest BCUT2D eigenvalue weighted by atomic mass is 9.90. The fourth-order valence-electron chi connectivity index (χ4n) is 3.28. The Kier molecular flexibility index (Phi) is 4.87. The van der Waals surface area contributed by atoms with Crippen LogP contribution in [-0.4, -0.2) is 55.1 Å². The Bertz CT molecular complexity index is 276. The fourth-order valence-corrected chi connectivity index (χ4v) is 3.28. The summed E-state index contributed by atoms with van der Waals surface area (Å²) in [6.07, 6.45) is 5.87. The minimum absolute atomic E-state index is 0.280. The van der Waals surface area contributed by atoms with Crippen LogP contribution in [0.2, 0.25) is 0 Å². The molecule has 4 heteroatoms. The van der Waals surface area contributed by atoms with E-state index in [0.717, 1.165) is 39.0 Å². The Morgan fingerprint density at radius 3 is 2.50 bits per heavy atom. The largest absolute Gasteiger partial charge is 0.325 e. The molecule has 0 aromatic carbocycles. The van der Waals surface area contributed by atoms with E-state index < -0.39 is 0 Å². The molecule has 18 heavy (non-hydrogen) atoms. The fraction of sp³-hybridized carbons (Fsp3) is 0.929. The third kappa shape index (κ3) is 2.97. The molecule has 2 atom stereocenters.